The molecule has 122 valence electrons. The number of hydrogen-bond acceptors (Lipinski definition) is 5. The third kappa shape index (κ3) is 2.76. The summed E-state index contributed by atoms with van der Waals surface area (Å²) in [7, 11) is 0. The fourth-order valence-electron chi connectivity index (χ4n) is 2.87. The van der Waals surface area contributed by atoms with E-state index < -0.39 is 0 Å². The van der Waals surface area contributed by atoms with Crippen molar-refractivity contribution >= 4 is 21.6 Å². The topological polar surface area (TPSA) is 47.9 Å². The van der Waals surface area contributed by atoms with Crippen LogP contribution in [0.4, 0.5) is 0 Å². The van der Waals surface area contributed by atoms with Crippen molar-refractivity contribution in [2.24, 2.45) is 0 Å². The Bertz CT molecular complexity index is 1030. The summed E-state index contributed by atoms with van der Waals surface area (Å²) in [4.78, 5) is 14.7. The van der Waals surface area contributed by atoms with E-state index in [1.807, 2.05) is 30.3 Å². The highest BCUT2D eigenvalue weighted by molar-refractivity contribution is 7.17. The molecule has 0 radical (unpaired) electrons. The van der Waals surface area contributed by atoms with E-state index in [2.05, 4.69) is 22.5 Å². The molecule has 0 saturated heterocycles. The zero-order chi connectivity index (χ0) is 16.6. The molecule has 3 aromatic heterocycles. The van der Waals surface area contributed by atoms with Crippen LogP contribution in [0.2, 0.25) is 0 Å². The zero-order valence-electron chi connectivity index (χ0n) is 13.4. The molecule has 4 aromatic rings. The van der Waals surface area contributed by atoms with Gasteiger partial charge < -0.3 is 4.74 Å². The molecule has 1 aliphatic rings. The van der Waals surface area contributed by atoms with E-state index in [0.717, 1.165) is 40.0 Å². The van der Waals surface area contributed by atoms with Gasteiger partial charge in [0.1, 0.15) is 16.4 Å². The van der Waals surface area contributed by atoms with Gasteiger partial charge in [-0.1, -0.05) is 30.3 Å². The van der Waals surface area contributed by atoms with Crippen molar-refractivity contribution in [3.63, 3.8) is 0 Å². The van der Waals surface area contributed by atoms with E-state index in [1.54, 1.807) is 23.7 Å². The number of hydrogen-bond donors (Lipinski definition) is 0. The molecule has 0 bridgehead atoms. The summed E-state index contributed by atoms with van der Waals surface area (Å²) >= 11 is 1.65. The predicted octanol–water partition coefficient (Wildman–Crippen LogP) is 5.42. The molecule has 0 spiro atoms. The lowest BCUT2D eigenvalue weighted by Crippen LogP contribution is -1.97. The molecule has 0 amide bonds. The normalized spacial score (nSPS) is 13.9. The number of nitrogens with zero attached hydrogens (tertiary/aromatic N) is 3. The van der Waals surface area contributed by atoms with Crippen LogP contribution in [0, 0.1) is 0 Å². The van der Waals surface area contributed by atoms with Crippen molar-refractivity contribution in [3.05, 3.63) is 66.1 Å². The van der Waals surface area contributed by atoms with Crippen LogP contribution >= 0.6 is 11.3 Å². The molecular weight excluding hydrogens is 330 g/mol. The van der Waals surface area contributed by atoms with Crippen molar-refractivity contribution in [2.75, 3.05) is 0 Å². The Hall–Kier alpha value is -2.79. The van der Waals surface area contributed by atoms with Gasteiger partial charge in [0.25, 0.3) is 0 Å². The number of fused-ring (bicyclic) bond motifs is 1. The number of aromatic nitrogens is 3. The minimum Gasteiger partial charge on any atom is -0.437 e. The third-order valence-corrected chi connectivity index (χ3v) is 5.17. The molecule has 1 saturated carbocycles. The van der Waals surface area contributed by atoms with Gasteiger partial charge in [0, 0.05) is 23.1 Å². The molecule has 5 heteroatoms. The Kier molecular flexibility index (Phi) is 3.45. The SMILES string of the molecule is c1ccc(-c2csc3nc(C4CC4)nc(Oc4cccnc4)c23)cc1. The molecular formula is C20H15N3OS. The van der Waals surface area contributed by atoms with Gasteiger partial charge in [-0.2, -0.15) is 4.98 Å². The van der Waals surface area contributed by atoms with Crippen molar-refractivity contribution in [1.29, 1.82) is 0 Å². The lowest BCUT2D eigenvalue weighted by atomic mass is 10.1. The van der Waals surface area contributed by atoms with Gasteiger partial charge in [-0.05, 0) is 30.5 Å². The van der Waals surface area contributed by atoms with Crippen LogP contribution in [0.3, 0.4) is 0 Å². The highest BCUT2D eigenvalue weighted by Crippen LogP contribution is 2.44. The van der Waals surface area contributed by atoms with Gasteiger partial charge in [-0.15, -0.1) is 11.3 Å². The first-order valence-corrected chi connectivity index (χ1v) is 9.19. The number of rotatable bonds is 4. The van der Waals surface area contributed by atoms with Crippen LogP contribution < -0.4 is 4.74 Å². The van der Waals surface area contributed by atoms with Gasteiger partial charge in [0.05, 0.1) is 11.6 Å². The summed E-state index contributed by atoms with van der Waals surface area (Å²) in [6.07, 6.45) is 5.76. The summed E-state index contributed by atoms with van der Waals surface area (Å²) in [5.74, 6) is 2.69. The van der Waals surface area contributed by atoms with E-state index in [0.29, 0.717) is 17.5 Å². The Morgan fingerprint density at radius 2 is 1.88 bits per heavy atom. The highest BCUT2D eigenvalue weighted by Gasteiger charge is 2.29. The number of pyridine rings is 1. The second-order valence-electron chi connectivity index (χ2n) is 6.15. The number of thiophene rings is 1. The van der Waals surface area contributed by atoms with E-state index >= 15 is 0 Å². The lowest BCUT2D eigenvalue weighted by Gasteiger charge is -2.09. The van der Waals surface area contributed by atoms with Crippen molar-refractivity contribution < 1.29 is 4.74 Å². The molecule has 1 aromatic carbocycles. The van der Waals surface area contributed by atoms with E-state index in [9.17, 15) is 0 Å². The summed E-state index contributed by atoms with van der Waals surface area (Å²) in [5.41, 5.74) is 2.26. The molecule has 0 unspecified atom stereocenters. The largest absolute Gasteiger partial charge is 0.437 e. The van der Waals surface area contributed by atoms with Gasteiger partial charge in [0.15, 0.2) is 0 Å². The Labute approximate surface area is 149 Å². The van der Waals surface area contributed by atoms with E-state index in [-0.39, 0.29) is 0 Å². The van der Waals surface area contributed by atoms with Crippen LogP contribution in [0.15, 0.2) is 60.2 Å². The molecule has 5 rings (SSSR count). The molecule has 0 aliphatic heterocycles. The van der Waals surface area contributed by atoms with Crippen LogP contribution in [-0.2, 0) is 0 Å². The monoisotopic (exact) mass is 345 g/mol. The molecule has 1 aliphatic carbocycles. The molecule has 3 heterocycles. The standard InChI is InChI=1S/C20H15N3OS/c1-2-5-13(6-3-1)16-12-25-20-17(16)19(22-18(23-20)14-8-9-14)24-15-7-4-10-21-11-15/h1-7,10-12,14H,8-9H2. The first kappa shape index (κ1) is 14.5. The highest BCUT2D eigenvalue weighted by atomic mass is 32.1. The molecule has 0 atom stereocenters. The van der Waals surface area contributed by atoms with Gasteiger partial charge >= 0.3 is 0 Å². The Balaban J connectivity index is 1.70. The predicted molar refractivity (Wildman–Crippen MR) is 99.1 cm³/mol. The molecule has 4 nitrogen and oxygen atoms in total. The van der Waals surface area contributed by atoms with Crippen LogP contribution in [-0.4, -0.2) is 15.0 Å². The maximum atomic E-state index is 6.12. The first-order chi connectivity index (χ1) is 12.4. The molecule has 1 fully saturated rings. The van der Waals surface area contributed by atoms with Crippen LogP contribution in [0.25, 0.3) is 21.3 Å². The van der Waals surface area contributed by atoms with Crippen molar-refractivity contribution in [2.45, 2.75) is 18.8 Å². The maximum Gasteiger partial charge on any atom is 0.232 e. The average Bonchev–Trinajstić information content (AvgIpc) is 3.43. The third-order valence-electron chi connectivity index (χ3n) is 4.29. The van der Waals surface area contributed by atoms with E-state index in [4.69, 9.17) is 14.7 Å². The minimum atomic E-state index is 0.475. The maximum absolute atomic E-state index is 6.12. The number of ether oxygens (including phenoxy) is 1. The second-order valence-corrected chi connectivity index (χ2v) is 7.01. The number of benzene rings is 1. The Morgan fingerprint density at radius 1 is 1.00 bits per heavy atom. The summed E-state index contributed by atoms with van der Waals surface area (Å²) in [6.45, 7) is 0. The van der Waals surface area contributed by atoms with Crippen LogP contribution in [0.5, 0.6) is 11.6 Å². The summed E-state index contributed by atoms with van der Waals surface area (Å²) in [5, 5.41) is 3.12. The smallest absolute Gasteiger partial charge is 0.232 e. The van der Waals surface area contributed by atoms with Crippen molar-refractivity contribution in [3.8, 4) is 22.8 Å². The fraction of sp³-hybridized carbons (Fsp3) is 0.150. The summed E-state index contributed by atoms with van der Waals surface area (Å²) in [6, 6.07) is 14.1. The van der Waals surface area contributed by atoms with Crippen molar-refractivity contribution in [1.82, 2.24) is 15.0 Å². The fourth-order valence-corrected chi connectivity index (χ4v) is 3.82. The molecule has 0 N–H and O–H groups in total. The van der Waals surface area contributed by atoms with Gasteiger partial charge in [0.2, 0.25) is 5.88 Å². The minimum absolute atomic E-state index is 0.475. The Morgan fingerprint density at radius 3 is 2.64 bits per heavy atom. The quantitative estimate of drug-likeness (QED) is 0.495. The van der Waals surface area contributed by atoms with Crippen LogP contribution in [0.1, 0.15) is 24.6 Å². The summed E-state index contributed by atoms with van der Waals surface area (Å²) < 4.78 is 6.12. The molecule has 25 heavy (non-hydrogen) atoms. The lowest BCUT2D eigenvalue weighted by molar-refractivity contribution is 0.463. The van der Waals surface area contributed by atoms with Gasteiger partial charge in [-0.3, -0.25) is 4.98 Å². The van der Waals surface area contributed by atoms with E-state index in [1.165, 1.54) is 0 Å². The first-order valence-electron chi connectivity index (χ1n) is 8.31. The second kappa shape index (κ2) is 5.93. The average molecular weight is 345 g/mol. The zero-order valence-corrected chi connectivity index (χ0v) is 14.2. The van der Waals surface area contributed by atoms with Gasteiger partial charge in [-0.25, -0.2) is 4.98 Å².